The summed E-state index contributed by atoms with van der Waals surface area (Å²) in [5.41, 5.74) is 3.13. The molecule has 27 heavy (non-hydrogen) atoms. The molecule has 1 saturated heterocycles. The normalized spacial score (nSPS) is 15.1. The van der Waals surface area contributed by atoms with E-state index in [-0.39, 0.29) is 5.91 Å². The van der Waals surface area contributed by atoms with Crippen molar-refractivity contribution in [3.63, 3.8) is 0 Å². The number of thioether (sulfide) groups is 1. The van der Waals surface area contributed by atoms with E-state index >= 15 is 0 Å². The van der Waals surface area contributed by atoms with Gasteiger partial charge in [-0.2, -0.15) is 0 Å². The van der Waals surface area contributed by atoms with Gasteiger partial charge in [-0.3, -0.25) is 4.79 Å². The van der Waals surface area contributed by atoms with E-state index in [1.54, 1.807) is 6.08 Å². The molecule has 0 atom stereocenters. The summed E-state index contributed by atoms with van der Waals surface area (Å²) >= 11 is 9.74. The van der Waals surface area contributed by atoms with Crippen LogP contribution in [0.4, 0.5) is 0 Å². The second-order valence-electron chi connectivity index (χ2n) is 6.05. The number of thiocarbonyl (C=S) groups is 1. The second kappa shape index (κ2) is 8.91. The van der Waals surface area contributed by atoms with Gasteiger partial charge in [-0.15, -0.1) is 0 Å². The summed E-state index contributed by atoms with van der Waals surface area (Å²) in [5.74, 6) is 1.33. The van der Waals surface area contributed by atoms with Crippen LogP contribution in [0.2, 0.25) is 0 Å². The van der Waals surface area contributed by atoms with Crippen molar-refractivity contribution in [2.45, 2.75) is 13.8 Å². The number of benzene rings is 2. The Morgan fingerprint density at radius 3 is 2.48 bits per heavy atom. The van der Waals surface area contributed by atoms with E-state index in [1.807, 2.05) is 44.2 Å². The second-order valence-corrected chi connectivity index (χ2v) is 8.69. The number of ether oxygens (including phenoxy) is 2. The van der Waals surface area contributed by atoms with Gasteiger partial charge in [-0.25, -0.2) is 0 Å². The Labute approximate surface area is 176 Å². The largest absolute Gasteiger partial charge is 0.490 e. The van der Waals surface area contributed by atoms with Crippen LogP contribution in [0.25, 0.3) is 6.08 Å². The molecule has 3 rings (SSSR count). The number of hydrogen-bond donors (Lipinski definition) is 1. The van der Waals surface area contributed by atoms with Crippen molar-refractivity contribution in [3.8, 4) is 11.5 Å². The molecule has 2 aromatic carbocycles. The van der Waals surface area contributed by atoms with Gasteiger partial charge in [0.25, 0.3) is 5.91 Å². The third-order valence-electron chi connectivity index (χ3n) is 3.71. The summed E-state index contributed by atoms with van der Waals surface area (Å²) in [6.45, 7) is 4.90. The van der Waals surface area contributed by atoms with Gasteiger partial charge in [0.15, 0.2) is 0 Å². The molecule has 0 spiro atoms. The maximum atomic E-state index is 11.9. The number of amides is 1. The molecule has 1 aliphatic heterocycles. The minimum absolute atomic E-state index is 0.186. The van der Waals surface area contributed by atoms with Crippen LogP contribution in [0.1, 0.15) is 16.7 Å². The van der Waals surface area contributed by atoms with Crippen LogP contribution in [-0.4, -0.2) is 23.4 Å². The van der Waals surface area contributed by atoms with Crippen molar-refractivity contribution in [1.29, 1.82) is 0 Å². The Kier molecular flexibility index (Phi) is 6.57. The summed E-state index contributed by atoms with van der Waals surface area (Å²) in [6.07, 6.45) is 1.78. The highest BCUT2D eigenvalue weighted by atomic mass is 79.9. The zero-order valence-corrected chi connectivity index (χ0v) is 18.1. The fraction of sp³-hybridized carbons (Fsp3) is 0.200. The molecule has 0 aliphatic carbocycles. The quantitative estimate of drug-likeness (QED) is 0.370. The summed E-state index contributed by atoms with van der Waals surface area (Å²) < 4.78 is 13.0. The van der Waals surface area contributed by atoms with Crippen LogP contribution < -0.4 is 14.8 Å². The van der Waals surface area contributed by atoms with Crippen LogP contribution in [-0.2, 0) is 4.79 Å². The van der Waals surface area contributed by atoms with Crippen molar-refractivity contribution >= 4 is 56.2 Å². The Hall–Kier alpha value is -1.83. The zero-order valence-electron chi connectivity index (χ0n) is 14.9. The van der Waals surface area contributed by atoms with E-state index in [0.29, 0.717) is 28.2 Å². The molecule has 2 aromatic rings. The first-order valence-electron chi connectivity index (χ1n) is 8.29. The van der Waals surface area contributed by atoms with Crippen LogP contribution in [0.5, 0.6) is 11.5 Å². The number of nitrogens with one attached hydrogen (secondary N) is 1. The average molecular weight is 464 g/mol. The molecule has 0 radical (unpaired) electrons. The predicted molar refractivity (Wildman–Crippen MR) is 117 cm³/mol. The van der Waals surface area contributed by atoms with Crippen molar-refractivity contribution in [2.24, 2.45) is 0 Å². The molecule has 0 aromatic heterocycles. The maximum absolute atomic E-state index is 11.9. The van der Waals surface area contributed by atoms with E-state index in [2.05, 4.69) is 27.3 Å². The number of aryl methyl sites for hydroxylation is 2. The number of carbonyl (C=O) groups excluding carboxylic acids is 1. The number of hydrogen-bond acceptors (Lipinski definition) is 5. The molecular formula is C20H18BrNO3S2. The number of rotatable bonds is 6. The Morgan fingerprint density at radius 2 is 1.81 bits per heavy atom. The van der Waals surface area contributed by atoms with Crippen molar-refractivity contribution in [1.82, 2.24) is 5.32 Å². The van der Waals surface area contributed by atoms with E-state index in [4.69, 9.17) is 21.7 Å². The third-order valence-corrected chi connectivity index (χ3v) is 5.36. The van der Waals surface area contributed by atoms with Gasteiger partial charge >= 0.3 is 0 Å². The zero-order chi connectivity index (χ0) is 19.4. The van der Waals surface area contributed by atoms with E-state index in [1.165, 1.54) is 11.8 Å². The van der Waals surface area contributed by atoms with Gasteiger partial charge in [0.05, 0.1) is 4.91 Å². The van der Waals surface area contributed by atoms with Crippen LogP contribution in [0.3, 0.4) is 0 Å². The average Bonchev–Trinajstić information content (AvgIpc) is 2.89. The molecule has 0 unspecified atom stereocenters. The van der Waals surface area contributed by atoms with Crippen molar-refractivity contribution in [2.75, 3.05) is 13.2 Å². The first kappa shape index (κ1) is 19.9. The molecule has 1 fully saturated rings. The topological polar surface area (TPSA) is 47.6 Å². The van der Waals surface area contributed by atoms with Crippen LogP contribution in [0.15, 0.2) is 45.8 Å². The molecular weight excluding hydrogens is 446 g/mol. The van der Waals surface area contributed by atoms with E-state index in [0.717, 1.165) is 26.9 Å². The van der Waals surface area contributed by atoms with E-state index < -0.39 is 0 Å². The lowest BCUT2D eigenvalue weighted by molar-refractivity contribution is -0.115. The van der Waals surface area contributed by atoms with Gasteiger partial charge in [0.2, 0.25) is 0 Å². The lowest BCUT2D eigenvalue weighted by Gasteiger charge is -2.12. The molecule has 1 heterocycles. The first-order valence-corrected chi connectivity index (χ1v) is 10.3. The standard InChI is InChI=1S/C20H18BrNO3S2/c1-12-7-13(2)9-16(8-12)24-5-6-25-17-4-3-15(21)10-14(17)11-18-19(23)22-20(26)27-18/h3-4,7-11H,5-6H2,1-2H3,(H,22,23,26). The number of halogens is 1. The Bertz CT molecular complexity index is 907. The van der Waals surface area contributed by atoms with Gasteiger partial charge in [0, 0.05) is 10.0 Å². The highest BCUT2D eigenvalue weighted by Gasteiger charge is 2.22. The minimum Gasteiger partial charge on any atom is -0.490 e. The SMILES string of the molecule is Cc1cc(C)cc(OCCOc2ccc(Br)cc2C=C2SC(=S)NC2=O)c1. The molecule has 1 aliphatic rings. The fourth-order valence-electron chi connectivity index (χ4n) is 2.65. The molecule has 1 N–H and O–H groups in total. The van der Waals surface area contributed by atoms with Crippen molar-refractivity contribution < 1.29 is 14.3 Å². The summed E-state index contributed by atoms with van der Waals surface area (Å²) in [4.78, 5) is 12.4. The molecule has 1 amide bonds. The van der Waals surface area contributed by atoms with Gasteiger partial charge < -0.3 is 14.8 Å². The lowest BCUT2D eigenvalue weighted by Crippen LogP contribution is -2.17. The van der Waals surface area contributed by atoms with Gasteiger partial charge in [0.1, 0.15) is 29.0 Å². The van der Waals surface area contributed by atoms with Crippen LogP contribution >= 0.6 is 39.9 Å². The summed E-state index contributed by atoms with van der Waals surface area (Å²) in [6, 6.07) is 11.8. The molecule has 7 heteroatoms. The first-order chi connectivity index (χ1) is 12.9. The Balaban J connectivity index is 1.66. The smallest absolute Gasteiger partial charge is 0.263 e. The molecule has 4 nitrogen and oxygen atoms in total. The van der Waals surface area contributed by atoms with Crippen molar-refractivity contribution in [3.05, 3.63) is 62.5 Å². The minimum atomic E-state index is -0.186. The fourth-order valence-corrected chi connectivity index (χ4v) is 4.07. The third kappa shape index (κ3) is 5.57. The van der Waals surface area contributed by atoms with Crippen LogP contribution in [0, 0.1) is 13.8 Å². The lowest BCUT2D eigenvalue weighted by atomic mass is 10.1. The molecule has 140 valence electrons. The summed E-state index contributed by atoms with van der Waals surface area (Å²) in [5, 5.41) is 2.62. The molecule has 0 saturated carbocycles. The number of carbonyl (C=O) groups is 1. The van der Waals surface area contributed by atoms with E-state index in [9.17, 15) is 4.79 Å². The van der Waals surface area contributed by atoms with Gasteiger partial charge in [-0.05, 0) is 61.4 Å². The predicted octanol–water partition coefficient (Wildman–Crippen LogP) is 5.01. The summed E-state index contributed by atoms with van der Waals surface area (Å²) in [7, 11) is 0. The molecule has 0 bridgehead atoms. The highest BCUT2D eigenvalue weighted by Crippen LogP contribution is 2.31. The van der Waals surface area contributed by atoms with Gasteiger partial charge in [-0.1, -0.05) is 46.0 Å². The Morgan fingerprint density at radius 1 is 1.11 bits per heavy atom. The monoisotopic (exact) mass is 463 g/mol. The maximum Gasteiger partial charge on any atom is 0.263 e. The highest BCUT2D eigenvalue weighted by molar-refractivity contribution is 9.10.